The summed E-state index contributed by atoms with van der Waals surface area (Å²) in [4.78, 5) is 16.7. The van der Waals surface area contributed by atoms with Crippen molar-refractivity contribution in [3.8, 4) is 11.3 Å². The van der Waals surface area contributed by atoms with E-state index in [1.165, 1.54) is 18.2 Å². The highest BCUT2D eigenvalue weighted by atomic mass is 19.1. The summed E-state index contributed by atoms with van der Waals surface area (Å²) in [5.41, 5.74) is 1.39. The molecule has 19 heavy (non-hydrogen) atoms. The first-order valence-corrected chi connectivity index (χ1v) is 6.50. The molecule has 4 heteroatoms. The zero-order valence-electron chi connectivity index (χ0n) is 10.8. The van der Waals surface area contributed by atoms with Crippen molar-refractivity contribution in [2.24, 2.45) is 5.92 Å². The van der Waals surface area contributed by atoms with Gasteiger partial charge in [-0.15, -0.1) is 0 Å². The zero-order chi connectivity index (χ0) is 13.4. The van der Waals surface area contributed by atoms with Gasteiger partial charge in [0.15, 0.2) is 0 Å². The molecule has 2 heterocycles. The van der Waals surface area contributed by atoms with Crippen LogP contribution in [0.1, 0.15) is 19.2 Å². The summed E-state index contributed by atoms with van der Waals surface area (Å²) in [6.45, 7) is 2.88. The van der Waals surface area contributed by atoms with Crippen LogP contribution in [0.15, 0.2) is 35.1 Å². The largest absolute Gasteiger partial charge is 0.296 e. The van der Waals surface area contributed by atoms with E-state index in [0.717, 1.165) is 30.8 Å². The molecule has 0 spiro atoms. The molecule has 3 nitrogen and oxygen atoms in total. The van der Waals surface area contributed by atoms with E-state index >= 15 is 0 Å². The van der Waals surface area contributed by atoms with Crippen LogP contribution in [0, 0.1) is 11.7 Å². The molecule has 0 fully saturated rings. The minimum absolute atomic E-state index is 0.0177. The Balaban J connectivity index is 2.07. The highest BCUT2D eigenvalue weighted by Gasteiger charge is 2.18. The van der Waals surface area contributed by atoms with Crippen molar-refractivity contribution < 1.29 is 4.39 Å². The second-order valence-electron chi connectivity index (χ2n) is 5.16. The average Bonchev–Trinajstić information content (AvgIpc) is 2.40. The molecule has 1 atom stereocenters. The lowest BCUT2D eigenvalue weighted by molar-refractivity contribution is 0.379. The van der Waals surface area contributed by atoms with E-state index in [0.29, 0.717) is 11.6 Å². The molecule has 1 aliphatic rings. The number of benzene rings is 1. The van der Waals surface area contributed by atoms with Crippen LogP contribution in [0.2, 0.25) is 0 Å². The summed E-state index contributed by atoms with van der Waals surface area (Å²) in [5, 5.41) is 0. The Morgan fingerprint density at radius 2 is 2.05 bits per heavy atom. The van der Waals surface area contributed by atoms with E-state index in [-0.39, 0.29) is 11.4 Å². The van der Waals surface area contributed by atoms with Crippen LogP contribution in [-0.2, 0) is 13.0 Å². The van der Waals surface area contributed by atoms with Gasteiger partial charge >= 0.3 is 0 Å². The minimum Gasteiger partial charge on any atom is -0.296 e. The fourth-order valence-corrected chi connectivity index (χ4v) is 2.49. The summed E-state index contributed by atoms with van der Waals surface area (Å²) in [6.07, 6.45) is 1.88. The van der Waals surface area contributed by atoms with Crippen molar-refractivity contribution >= 4 is 0 Å². The van der Waals surface area contributed by atoms with Gasteiger partial charge in [0.25, 0.3) is 5.56 Å². The lowest BCUT2D eigenvalue weighted by Gasteiger charge is -2.22. The van der Waals surface area contributed by atoms with Crippen molar-refractivity contribution in [2.45, 2.75) is 26.3 Å². The van der Waals surface area contributed by atoms with Crippen LogP contribution in [0.4, 0.5) is 4.39 Å². The number of fused-ring (bicyclic) bond motifs is 1. The van der Waals surface area contributed by atoms with E-state index < -0.39 is 0 Å². The van der Waals surface area contributed by atoms with Crippen LogP contribution in [0.3, 0.4) is 0 Å². The third-order valence-electron chi connectivity index (χ3n) is 3.58. The average molecular weight is 258 g/mol. The molecule has 0 amide bonds. The van der Waals surface area contributed by atoms with E-state index in [4.69, 9.17) is 0 Å². The molecule has 0 radical (unpaired) electrons. The number of aryl methyl sites for hydroxylation is 1. The molecule has 98 valence electrons. The number of aromatic nitrogens is 2. The number of nitrogens with zero attached hydrogens (tertiary/aromatic N) is 2. The predicted octanol–water partition coefficient (Wildman–Crippen LogP) is 2.63. The summed E-state index contributed by atoms with van der Waals surface area (Å²) in [5.74, 6) is 1.07. The van der Waals surface area contributed by atoms with Gasteiger partial charge in [0, 0.05) is 24.6 Å². The lowest BCUT2D eigenvalue weighted by atomic mass is 10.0. The molecule has 1 aromatic carbocycles. The number of hydrogen-bond donors (Lipinski definition) is 0. The maximum absolute atomic E-state index is 12.9. The second kappa shape index (κ2) is 4.61. The van der Waals surface area contributed by atoms with Crippen molar-refractivity contribution in [3.05, 3.63) is 52.3 Å². The first-order valence-electron chi connectivity index (χ1n) is 6.50. The summed E-state index contributed by atoms with van der Waals surface area (Å²) in [7, 11) is 0. The van der Waals surface area contributed by atoms with Gasteiger partial charge in [-0.05, 0) is 36.6 Å². The SMILES string of the molecule is C[C@H]1CCc2nc(-c3ccc(F)cc3)cc(=O)n2C1. The molecule has 3 rings (SSSR count). The predicted molar refractivity (Wildman–Crippen MR) is 71.4 cm³/mol. The highest BCUT2D eigenvalue weighted by Crippen LogP contribution is 2.20. The van der Waals surface area contributed by atoms with Crippen molar-refractivity contribution in [3.63, 3.8) is 0 Å². The van der Waals surface area contributed by atoms with Crippen molar-refractivity contribution in [2.75, 3.05) is 0 Å². The maximum atomic E-state index is 12.9. The van der Waals surface area contributed by atoms with E-state index in [1.54, 1.807) is 16.7 Å². The monoisotopic (exact) mass is 258 g/mol. The van der Waals surface area contributed by atoms with E-state index in [9.17, 15) is 9.18 Å². The van der Waals surface area contributed by atoms with Crippen LogP contribution in [0.25, 0.3) is 11.3 Å². The molecule has 1 aromatic heterocycles. The second-order valence-corrected chi connectivity index (χ2v) is 5.16. The van der Waals surface area contributed by atoms with Crippen LogP contribution >= 0.6 is 0 Å². The summed E-state index contributed by atoms with van der Waals surface area (Å²) in [6, 6.07) is 7.61. The fourth-order valence-electron chi connectivity index (χ4n) is 2.49. The van der Waals surface area contributed by atoms with Gasteiger partial charge < -0.3 is 0 Å². The number of halogens is 1. The Bertz CT molecular complexity index is 661. The third kappa shape index (κ3) is 2.30. The minimum atomic E-state index is -0.285. The topological polar surface area (TPSA) is 34.9 Å². The molecule has 2 aromatic rings. The summed E-state index contributed by atoms with van der Waals surface area (Å²) < 4.78 is 14.7. The maximum Gasteiger partial charge on any atom is 0.254 e. The normalized spacial score (nSPS) is 18.1. The zero-order valence-corrected chi connectivity index (χ0v) is 10.8. The Hall–Kier alpha value is -1.97. The first-order chi connectivity index (χ1) is 9.13. The van der Waals surface area contributed by atoms with Crippen LogP contribution < -0.4 is 5.56 Å². The van der Waals surface area contributed by atoms with Crippen LogP contribution in [0.5, 0.6) is 0 Å². The molecule has 0 aliphatic carbocycles. The molecule has 0 bridgehead atoms. The lowest BCUT2D eigenvalue weighted by Crippen LogP contribution is -2.31. The fraction of sp³-hybridized carbons (Fsp3) is 0.333. The van der Waals surface area contributed by atoms with Gasteiger partial charge in [-0.1, -0.05) is 6.92 Å². The van der Waals surface area contributed by atoms with E-state index in [1.807, 2.05) is 0 Å². The van der Waals surface area contributed by atoms with Crippen LogP contribution in [-0.4, -0.2) is 9.55 Å². The molecule has 0 unspecified atom stereocenters. The van der Waals surface area contributed by atoms with Crippen molar-refractivity contribution in [1.29, 1.82) is 0 Å². The highest BCUT2D eigenvalue weighted by molar-refractivity contribution is 5.58. The standard InChI is InChI=1S/C15H15FN2O/c1-10-2-7-14-17-13(8-15(19)18(14)9-10)11-3-5-12(16)6-4-11/h3-6,8,10H,2,7,9H2,1H3/t10-/m0/s1. The Morgan fingerprint density at radius 1 is 1.32 bits per heavy atom. The smallest absolute Gasteiger partial charge is 0.254 e. The van der Waals surface area contributed by atoms with Gasteiger partial charge in [-0.25, -0.2) is 9.37 Å². The molecule has 0 N–H and O–H groups in total. The molecule has 0 saturated heterocycles. The van der Waals surface area contributed by atoms with E-state index in [2.05, 4.69) is 11.9 Å². The molecule has 0 saturated carbocycles. The summed E-state index contributed by atoms with van der Waals surface area (Å²) >= 11 is 0. The number of hydrogen-bond acceptors (Lipinski definition) is 2. The molecule has 1 aliphatic heterocycles. The van der Waals surface area contributed by atoms with Gasteiger partial charge in [0.2, 0.25) is 0 Å². The quantitative estimate of drug-likeness (QED) is 0.788. The molecular formula is C15H15FN2O. The third-order valence-corrected chi connectivity index (χ3v) is 3.58. The van der Waals surface area contributed by atoms with Gasteiger partial charge in [-0.2, -0.15) is 0 Å². The Morgan fingerprint density at radius 3 is 2.79 bits per heavy atom. The van der Waals surface area contributed by atoms with Crippen molar-refractivity contribution in [1.82, 2.24) is 9.55 Å². The van der Waals surface area contributed by atoms with Gasteiger partial charge in [0.1, 0.15) is 11.6 Å². The molecular weight excluding hydrogens is 243 g/mol. The Labute approximate surface area is 110 Å². The Kier molecular flexibility index (Phi) is 2.93. The van der Waals surface area contributed by atoms with Gasteiger partial charge in [0.05, 0.1) is 5.69 Å². The number of rotatable bonds is 1. The first kappa shape index (κ1) is 12.1. The van der Waals surface area contributed by atoms with Gasteiger partial charge in [-0.3, -0.25) is 9.36 Å².